The molecule has 1 aliphatic carbocycles. The minimum Gasteiger partial charge on any atom is -0.370 e. The maximum Gasteiger partial charge on any atom is 0.218 e. The Hall–Kier alpha value is -0.570. The van der Waals surface area contributed by atoms with Gasteiger partial charge in [-0.25, -0.2) is 0 Å². The van der Waals surface area contributed by atoms with Gasteiger partial charge in [0.2, 0.25) is 5.91 Å². The highest BCUT2D eigenvalue weighted by atomic mass is 16.1. The molecule has 3 nitrogen and oxygen atoms in total. The van der Waals surface area contributed by atoms with E-state index in [0.29, 0.717) is 17.9 Å². The van der Waals surface area contributed by atoms with Gasteiger partial charge in [0.15, 0.2) is 0 Å². The summed E-state index contributed by atoms with van der Waals surface area (Å²) in [4.78, 5) is 10.6. The Labute approximate surface area is 106 Å². The summed E-state index contributed by atoms with van der Waals surface area (Å²) in [5.41, 5.74) is 5.61. The van der Waals surface area contributed by atoms with Crippen LogP contribution in [0.5, 0.6) is 0 Å². The second-order valence-electron chi connectivity index (χ2n) is 6.06. The highest BCUT2D eigenvalue weighted by Gasteiger charge is 2.31. The molecule has 0 heterocycles. The maximum absolute atomic E-state index is 10.6. The lowest BCUT2D eigenvalue weighted by atomic mass is 9.69. The molecule has 1 rings (SSSR count). The lowest BCUT2D eigenvalue weighted by Crippen LogP contribution is -2.38. The molecule has 0 bridgehead atoms. The van der Waals surface area contributed by atoms with Crippen molar-refractivity contribution in [1.29, 1.82) is 0 Å². The molecule has 1 saturated carbocycles. The van der Waals surface area contributed by atoms with Crippen LogP contribution in [0.3, 0.4) is 0 Å². The molecule has 100 valence electrons. The van der Waals surface area contributed by atoms with Gasteiger partial charge in [0, 0.05) is 19.0 Å². The lowest BCUT2D eigenvalue weighted by Gasteiger charge is -2.39. The van der Waals surface area contributed by atoms with Crippen LogP contribution in [0.1, 0.15) is 59.3 Å². The Morgan fingerprint density at radius 1 is 1.29 bits per heavy atom. The fraction of sp³-hybridized carbons (Fsp3) is 0.929. The molecule has 0 unspecified atom stereocenters. The molecule has 0 aromatic rings. The van der Waals surface area contributed by atoms with Crippen LogP contribution in [0.15, 0.2) is 0 Å². The van der Waals surface area contributed by atoms with Gasteiger partial charge in [0.05, 0.1) is 0 Å². The van der Waals surface area contributed by atoms with Crippen molar-refractivity contribution in [3.8, 4) is 0 Å². The van der Waals surface area contributed by atoms with E-state index < -0.39 is 0 Å². The molecule has 0 aromatic heterocycles. The molecule has 1 aliphatic rings. The van der Waals surface area contributed by atoms with E-state index in [2.05, 4.69) is 26.1 Å². The van der Waals surface area contributed by atoms with Gasteiger partial charge in [-0.05, 0) is 37.0 Å². The molecular weight excluding hydrogens is 212 g/mol. The van der Waals surface area contributed by atoms with Crippen molar-refractivity contribution in [2.75, 3.05) is 6.54 Å². The van der Waals surface area contributed by atoms with Crippen LogP contribution < -0.4 is 11.1 Å². The molecule has 3 heteroatoms. The maximum atomic E-state index is 10.6. The zero-order valence-corrected chi connectivity index (χ0v) is 11.6. The molecule has 0 radical (unpaired) electrons. The van der Waals surface area contributed by atoms with Gasteiger partial charge < -0.3 is 11.1 Å². The summed E-state index contributed by atoms with van der Waals surface area (Å²) >= 11 is 0. The molecule has 0 aromatic carbocycles. The summed E-state index contributed by atoms with van der Waals surface area (Å²) in [5.74, 6) is 0.653. The summed E-state index contributed by atoms with van der Waals surface area (Å²) in [5, 5.41) is 3.44. The number of hydrogen-bond acceptors (Lipinski definition) is 2. The van der Waals surface area contributed by atoms with Crippen LogP contribution in [0.25, 0.3) is 0 Å². The monoisotopic (exact) mass is 240 g/mol. The molecule has 1 amide bonds. The predicted molar refractivity (Wildman–Crippen MR) is 71.6 cm³/mol. The van der Waals surface area contributed by atoms with Crippen molar-refractivity contribution in [1.82, 2.24) is 5.32 Å². The molecular formula is C14H28N2O. The van der Waals surface area contributed by atoms with Crippen molar-refractivity contribution in [2.24, 2.45) is 17.1 Å². The fourth-order valence-electron chi connectivity index (χ4n) is 2.77. The van der Waals surface area contributed by atoms with E-state index in [9.17, 15) is 4.79 Å². The Kier molecular flexibility index (Phi) is 5.44. The third-order valence-corrected chi connectivity index (χ3v) is 4.55. The third-order valence-electron chi connectivity index (χ3n) is 4.55. The number of hydrogen-bond donors (Lipinski definition) is 2. The van der Waals surface area contributed by atoms with E-state index in [1.165, 1.54) is 32.1 Å². The molecule has 0 aliphatic heterocycles. The van der Waals surface area contributed by atoms with Gasteiger partial charge in [-0.3, -0.25) is 4.79 Å². The molecule has 1 fully saturated rings. The van der Waals surface area contributed by atoms with Crippen LogP contribution in [-0.4, -0.2) is 18.5 Å². The van der Waals surface area contributed by atoms with Gasteiger partial charge in [0.25, 0.3) is 0 Å². The van der Waals surface area contributed by atoms with Gasteiger partial charge in [-0.15, -0.1) is 0 Å². The Bertz CT molecular complexity index is 243. The minimum absolute atomic E-state index is 0.210. The lowest BCUT2D eigenvalue weighted by molar-refractivity contribution is -0.117. The van der Waals surface area contributed by atoms with Crippen LogP contribution in [0, 0.1) is 11.3 Å². The van der Waals surface area contributed by atoms with E-state index in [-0.39, 0.29) is 5.91 Å². The van der Waals surface area contributed by atoms with Gasteiger partial charge >= 0.3 is 0 Å². The smallest absolute Gasteiger partial charge is 0.218 e. The number of carbonyl (C=O) groups excluding carboxylic acids is 1. The summed E-state index contributed by atoms with van der Waals surface area (Å²) in [6.45, 7) is 7.80. The minimum atomic E-state index is -0.210. The third kappa shape index (κ3) is 4.66. The van der Waals surface area contributed by atoms with Crippen molar-refractivity contribution in [3.05, 3.63) is 0 Å². The molecule has 0 atom stereocenters. The first kappa shape index (κ1) is 14.5. The van der Waals surface area contributed by atoms with E-state index in [0.717, 1.165) is 12.5 Å². The summed E-state index contributed by atoms with van der Waals surface area (Å²) in [7, 11) is 0. The quantitative estimate of drug-likeness (QED) is 0.749. The predicted octanol–water partition coefficient (Wildman–Crippen LogP) is 2.45. The number of carbonyl (C=O) groups is 1. The summed E-state index contributed by atoms with van der Waals surface area (Å²) in [6.07, 6.45) is 6.84. The summed E-state index contributed by atoms with van der Waals surface area (Å²) in [6, 6.07) is 0.596. The summed E-state index contributed by atoms with van der Waals surface area (Å²) < 4.78 is 0. The Morgan fingerprint density at radius 2 is 1.88 bits per heavy atom. The van der Waals surface area contributed by atoms with Crippen LogP contribution in [0.4, 0.5) is 0 Å². The van der Waals surface area contributed by atoms with Crippen LogP contribution in [0.2, 0.25) is 0 Å². The Balaban J connectivity index is 2.24. The van der Waals surface area contributed by atoms with E-state index in [1.54, 1.807) is 0 Å². The number of rotatable bonds is 6. The number of amides is 1. The highest BCUT2D eigenvalue weighted by molar-refractivity contribution is 5.73. The fourth-order valence-corrected chi connectivity index (χ4v) is 2.77. The second-order valence-corrected chi connectivity index (χ2v) is 6.06. The van der Waals surface area contributed by atoms with Crippen LogP contribution >= 0.6 is 0 Å². The SMILES string of the molecule is CCC(C)(C)C1CCC(NCCC(N)=O)CC1. The second kappa shape index (κ2) is 6.39. The van der Waals surface area contributed by atoms with Crippen molar-refractivity contribution >= 4 is 5.91 Å². The molecule has 0 saturated heterocycles. The number of primary amides is 1. The van der Waals surface area contributed by atoms with Gasteiger partial charge in [-0.2, -0.15) is 0 Å². The van der Waals surface area contributed by atoms with Gasteiger partial charge in [-0.1, -0.05) is 27.2 Å². The first-order chi connectivity index (χ1) is 7.95. The highest BCUT2D eigenvalue weighted by Crippen LogP contribution is 2.40. The number of nitrogens with two attached hydrogens (primary N) is 1. The van der Waals surface area contributed by atoms with Crippen molar-refractivity contribution in [3.63, 3.8) is 0 Å². The first-order valence-electron chi connectivity index (χ1n) is 6.97. The Morgan fingerprint density at radius 3 is 2.35 bits per heavy atom. The molecule has 17 heavy (non-hydrogen) atoms. The van der Waals surface area contributed by atoms with E-state index in [4.69, 9.17) is 5.73 Å². The van der Waals surface area contributed by atoms with Crippen molar-refractivity contribution in [2.45, 2.75) is 65.3 Å². The number of nitrogens with one attached hydrogen (secondary N) is 1. The van der Waals surface area contributed by atoms with E-state index in [1.807, 2.05) is 0 Å². The molecule has 0 spiro atoms. The van der Waals surface area contributed by atoms with Crippen LogP contribution in [-0.2, 0) is 4.79 Å². The van der Waals surface area contributed by atoms with Crippen molar-refractivity contribution < 1.29 is 4.79 Å². The molecule has 3 N–H and O–H groups in total. The normalized spacial score (nSPS) is 25.8. The standard InChI is InChI=1S/C14H28N2O/c1-4-14(2,3)11-5-7-12(8-6-11)16-10-9-13(15)17/h11-12,16H,4-10H2,1-3H3,(H2,15,17). The zero-order valence-electron chi connectivity index (χ0n) is 11.6. The zero-order chi connectivity index (χ0) is 12.9. The topological polar surface area (TPSA) is 55.1 Å². The average Bonchev–Trinajstić information content (AvgIpc) is 2.29. The van der Waals surface area contributed by atoms with E-state index >= 15 is 0 Å². The van der Waals surface area contributed by atoms with Gasteiger partial charge in [0.1, 0.15) is 0 Å². The average molecular weight is 240 g/mol. The first-order valence-corrected chi connectivity index (χ1v) is 6.97. The largest absolute Gasteiger partial charge is 0.370 e.